The maximum atomic E-state index is 13.3. The van der Waals surface area contributed by atoms with Gasteiger partial charge in [-0.25, -0.2) is 0 Å². The zero-order chi connectivity index (χ0) is 25.6. The van der Waals surface area contributed by atoms with Gasteiger partial charge in [0.1, 0.15) is 6.54 Å². The van der Waals surface area contributed by atoms with Gasteiger partial charge in [-0.3, -0.25) is 14.4 Å². The molecule has 8 nitrogen and oxygen atoms in total. The van der Waals surface area contributed by atoms with Crippen LogP contribution in [-0.4, -0.2) is 56.7 Å². The van der Waals surface area contributed by atoms with Crippen LogP contribution < -0.4 is 15.5 Å². The summed E-state index contributed by atoms with van der Waals surface area (Å²) in [6, 6.07) is 9.85. The summed E-state index contributed by atoms with van der Waals surface area (Å²) in [4.78, 5) is 38.7. The molecule has 1 aliphatic heterocycles. The van der Waals surface area contributed by atoms with Gasteiger partial charge in [0.25, 0.3) is 11.8 Å². The third-order valence-corrected chi connectivity index (χ3v) is 5.28. The molecule has 1 heterocycles. The highest BCUT2D eigenvalue weighted by molar-refractivity contribution is 5.99. The summed E-state index contributed by atoms with van der Waals surface area (Å²) in [5.74, 6) is -2.16. The van der Waals surface area contributed by atoms with Gasteiger partial charge in [0.05, 0.1) is 30.2 Å². The van der Waals surface area contributed by atoms with Gasteiger partial charge in [0.15, 0.2) is 6.10 Å². The average Bonchev–Trinajstić information content (AvgIpc) is 2.82. The summed E-state index contributed by atoms with van der Waals surface area (Å²) in [6.45, 7) is 4.32. The first-order valence-electron chi connectivity index (χ1n) is 10.9. The quantitative estimate of drug-likeness (QED) is 0.576. The number of alkyl halides is 3. The molecule has 2 N–H and O–H groups in total. The van der Waals surface area contributed by atoms with Crippen LogP contribution in [0.25, 0.3) is 0 Å². The van der Waals surface area contributed by atoms with Gasteiger partial charge in [-0.1, -0.05) is 17.7 Å². The number of morpholine rings is 1. The molecule has 1 aliphatic rings. The standard InChI is InChI=1S/C24H26F3N3O5/c1-15-4-3-5-17(12-15)23(33)28-14-21(31)35-16(2)22(32)29-19-13-18(24(25,26)27)6-7-20(19)30-8-10-34-11-9-30/h3-7,12-13,16H,8-11,14H2,1-2H3,(H,28,33)(H,29,32). The van der Waals surface area contributed by atoms with Crippen molar-refractivity contribution in [3.05, 3.63) is 59.2 Å². The van der Waals surface area contributed by atoms with Gasteiger partial charge in [0.2, 0.25) is 0 Å². The molecule has 2 aromatic carbocycles. The lowest BCUT2D eigenvalue weighted by molar-refractivity contribution is -0.152. The highest BCUT2D eigenvalue weighted by atomic mass is 19.4. The zero-order valence-corrected chi connectivity index (χ0v) is 19.3. The van der Waals surface area contributed by atoms with Gasteiger partial charge in [-0.2, -0.15) is 13.2 Å². The first-order chi connectivity index (χ1) is 16.5. The molecule has 188 valence electrons. The second-order valence-corrected chi connectivity index (χ2v) is 8.00. The summed E-state index contributed by atoms with van der Waals surface area (Å²) in [7, 11) is 0. The lowest BCUT2D eigenvalue weighted by atomic mass is 10.1. The zero-order valence-electron chi connectivity index (χ0n) is 19.3. The Morgan fingerprint density at radius 2 is 1.83 bits per heavy atom. The number of hydrogen-bond acceptors (Lipinski definition) is 6. The monoisotopic (exact) mass is 493 g/mol. The molecule has 0 bridgehead atoms. The number of nitrogens with one attached hydrogen (secondary N) is 2. The lowest BCUT2D eigenvalue weighted by Crippen LogP contribution is -2.38. The molecule has 0 aromatic heterocycles. The Bertz CT molecular complexity index is 1080. The first kappa shape index (κ1) is 26.0. The van der Waals surface area contributed by atoms with Crippen LogP contribution in [0.1, 0.15) is 28.4 Å². The first-order valence-corrected chi connectivity index (χ1v) is 10.9. The van der Waals surface area contributed by atoms with Crippen molar-refractivity contribution in [3.8, 4) is 0 Å². The summed E-state index contributed by atoms with van der Waals surface area (Å²) >= 11 is 0. The van der Waals surface area contributed by atoms with Crippen LogP contribution in [-0.2, 0) is 25.2 Å². The fraction of sp³-hybridized carbons (Fsp3) is 0.375. The van der Waals surface area contributed by atoms with E-state index in [2.05, 4.69) is 10.6 Å². The van der Waals surface area contributed by atoms with Crippen LogP contribution in [0.15, 0.2) is 42.5 Å². The molecule has 1 saturated heterocycles. The molecule has 1 unspecified atom stereocenters. The molecule has 0 radical (unpaired) electrons. The molecule has 11 heteroatoms. The van der Waals surface area contributed by atoms with E-state index in [4.69, 9.17) is 9.47 Å². The van der Waals surface area contributed by atoms with E-state index in [1.807, 2.05) is 13.0 Å². The molecule has 35 heavy (non-hydrogen) atoms. The number of rotatable bonds is 7. The van der Waals surface area contributed by atoms with E-state index in [1.165, 1.54) is 13.0 Å². The Hall–Kier alpha value is -3.60. The topological polar surface area (TPSA) is 97.0 Å². The van der Waals surface area contributed by atoms with Crippen LogP contribution in [0.5, 0.6) is 0 Å². The molecule has 3 rings (SSSR count). The maximum absolute atomic E-state index is 13.3. The smallest absolute Gasteiger partial charge is 0.416 e. The van der Waals surface area contributed by atoms with E-state index in [0.717, 1.165) is 17.7 Å². The van der Waals surface area contributed by atoms with E-state index in [0.29, 0.717) is 37.6 Å². The van der Waals surface area contributed by atoms with Crippen molar-refractivity contribution in [1.29, 1.82) is 0 Å². The van der Waals surface area contributed by atoms with Crippen molar-refractivity contribution in [2.24, 2.45) is 0 Å². The van der Waals surface area contributed by atoms with Gasteiger partial charge in [-0.05, 0) is 44.2 Å². The van der Waals surface area contributed by atoms with E-state index >= 15 is 0 Å². The Labute approximate surface area is 200 Å². The van der Waals surface area contributed by atoms with Gasteiger partial charge in [-0.15, -0.1) is 0 Å². The fourth-order valence-electron chi connectivity index (χ4n) is 3.46. The molecule has 0 spiro atoms. The minimum atomic E-state index is -4.60. The molecular formula is C24H26F3N3O5. The molecule has 1 atom stereocenters. The maximum Gasteiger partial charge on any atom is 0.416 e. The number of esters is 1. The Kier molecular flexibility index (Phi) is 8.34. The Balaban J connectivity index is 1.63. The van der Waals surface area contributed by atoms with Crippen molar-refractivity contribution < 1.29 is 37.0 Å². The summed E-state index contributed by atoms with van der Waals surface area (Å²) in [5, 5.41) is 4.84. The van der Waals surface area contributed by atoms with Gasteiger partial charge >= 0.3 is 12.1 Å². The molecular weight excluding hydrogens is 467 g/mol. The normalized spacial score (nSPS) is 14.7. The van der Waals surface area contributed by atoms with E-state index in [1.54, 1.807) is 23.1 Å². The van der Waals surface area contributed by atoms with Crippen LogP contribution >= 0.6 is 0 Å². The van der Waals surface area contributed by atoms with Gasteiger partial charge < -0.3 is 25.0 Å². The van der Waals surface area contributed by atoms with Gasteiger partial charge in [0, 0.05) is 18.7 Å². The second kappa shape index (κ2) is 11.2. The highest BCUT2D eigenvalue weighted by Crippen LogP contribution is 2.35. The average molecular weight is 493 g/mol. The molecule has 2 amide bonds. The minimum Gasteiger partial charge on any atom is -0.451 e. The number of anilines is 2. The third kappa shape index (κ3) is 7.19. The number of carbonyl (C=O) groups is 3. The Morgan fingerprint density at radius 3 is 2.49 bits per heavy atom. The fourth-order valence-corrected chi connectivity index (χ4v) is 3.46. The van der Waals surface area contributed by atoms with Crippen molar-refractivity contribution in [3.63, 3.8) is 0 Å². The summed E-state index contributed by atoms with van der Waals surface area (Å²) < 4.78 is 50.1. The molecule has 2 aromatic rings. The number of hydrogen-bond donors (Lipinski definition) is 2. The van der Waals surface area contributed by atoms with Crippen molar-refractivity contribution >= 4 is 29.2 Å². The van der Waals surface area contributed by atoms with Crippen LogP contribution in [0.3, 0.4) is 0 Å². The number of carbonyl (C=O) groups excluding carboxylic acids is 3. The molecule has 0 saturated carbocycles. The lowest BCUT2D eigenvalue weighted by Gasteiger charge is -2.31. The van der Waals surface area contributed by atoms with Crippen molar-refractivity contribution in [1.82, 2.24) is 5.32 Å². The number of halogens is 3. The number of ether oxygens (including phenoxy) is 2. The van der Waals surface area contributed by atoms with Crippen molar-refractivity contribution in [2.45, 2.75) is 26.1 Å². The second-order valence-electron chi connectivity index (χ2n) is 8.00. The number of amides is 2. The highest BCUT2D eigenvalue weighted by Gasteiger charge is 2.32. The molecule has 0 aliphatic carbocycles. The third-order valence-electron chi connectivity index (χ3n) is 5.28. The van der Waals surface area contributed by atoms with Crippen LogP contribution in [0.4, 0.5) is 24.5 Å². The van der Waals surface area contributed by atoms with E-state index < -0.39 is 42.2 Å². The minimum absolute atomic E-state index is 0.0534. The summed E-state index contributed by atoms with van der Waals surface area (Å²) in [5.41, 5.74) is 0.662. The predicted molar refractivity (Wildman–Crippen MR) is 122 cm³/mol. The number of benzene rings is 2. The predicted octanol–water partition coefficient (Wildman–Crippen LogP) is 3.15. The van der Waals surface area contributed by atoms with E-state index in [9.17, 15) is 27.6 Å². The number of aryl methyl sites for hydroxylation is 1. The van der Waals surface area contributed by atoms with Crippen LogP contribution in [0.2, 0.25) is 0 Å². The van der Waals surface area contributed by atoms with Crippen LogP contribution in [0, 0.1) is 6.92 Å². The van der Waals surface area contributed by atoms with E-state index in [-0.39, 0.29) is 5.69 Å². The van der Waals surface area contributed by atoms with Crippen molar-refractivity contribution in [2.75, 3.05) is 43.1 Å². The largest absolute Gasteiger partial charge is 0.451 e. The number of nitrogens with zero attached hydrogens (tertiary/aromatic N) is 1. The molecule has 1 fully saturated rings. The Morgan fingerprint density at radius 1 is 1.11 bits per heavy atom. The summed E-state index contributed by atoms with van der Waals surface area (Å²) in [6.07, 6.45) is -5.91. The SMILES string of the molecule is Cc1cccc(C(=O)NCC(=O)OC(C)C(=O)Nc2cc(C(F)(F)F)ccc2N2CCOCC2)c1.